The Balaban J connectivity index is 0.000000771. The van der Waals surface area contributed by atoms with Crippen molar-refractivity contribution in [2.75, 3.05) is 6.54 Å². The first-order valence-corrected chi connectivity index (χ1v) is 6.12. The lowest BCUT2D eigenvalue weighted by Gasteiger charge is -2.15. The van der Waals surface area contributed by atoms with Crippen LogP contribution in [0.15, 0.2) is 16.3 Å². The zero-order valence-corrected chi connectivity index (χ0v) is 10.7. The van der Waals surface area contributed by atoms with E-state index in [0.717, 1.165) is 0 Å². The van der Waals surface area contributed by atoms with E-state index >= 15 is 0 Å². The maximum Gasteiger partial charge on any atom is 0.292 e. The van der Waals surface area contributed by atoms with Crippen LogP contribution in [0.4, 0.5) is 17.6 Å². The predicted octanol–water partition coefficient (Wildman–Crippen LogP) is 3.24. The van der Waals surface area contributed by atoms with Crippen molar-refractivity contribution in [2.24, 2.45) is 22.6 Å². The third kappa shape index (κ3) is 2.24. The van der Waals surface area contributed by atoms with Gasteiger partial charge in [0.05, 0.1) is 5.70 Å². The lowest BCUT2D eigenvalue weighted by atomic mass is 10.0. The number of hydrogen-bond acceptors (Lipinski definition) is 2. The van der Waals surface area contributed by atoms with Gasteiger partial charge in [-0.3, -0.25) is 4.99 Å². The molecule has 2 rings (SSSR count). The van der Waals surface area contributed by atoms with E-state index in [1.165, 1.54) is 0 Å². The molecular weight excluding hydrogens is 248 g/mol. The Morgan fingerprint density at radius 1 is 1.44 bits per heavy atom. The molecule has 0 heterocycles. The quantitative estimate of drug-likeness (QED) is 0.766. The van der Waals surface area contributed by atoms with Crippen LogP contribution in [0.25, 0.3) is 0 Å². The summed E-state index contributed by atoms with van der Waals surface area (Å²) in [5, 5.41) is 0. The minimum Gasteiger partial charge on any atom is -0.397 e. The van der Waals surface area contributed by atoms with Crippen LogP contribution in [-0.2, 0) is 0 Å². The van der Waals surface area contributed by atoms with Gasteiger partial charge in [0.2, 0.25) is 0 Å². The molecule has 2 aliphatic carbocycles. The Morgan fingerprint density at radius 3 is 2.44 bits per heavy atom. The van der Waals surface area contributed by atoms with Gasteiger partial charge in [-0.1, -0.05) is 13.8 Å². The molecule has 0 radical (unpaired) electrons. The van der Waals surface area contributed by atoms with Crippen molar-refractivity contribution >= 4 is 5.71 Å². The summed E-state index contributed by atoms with van der Waals surface area (Å²) in [6.45, 7) is 5.73. The molecule has 2 atom stereocenters. The standard InChI is InChI=1S/C10H12F4N2.C2H6/c1-2-16-8-6(7(15)9(11)12)4-3-5(4)10(8,13)14;1-2/h4-5,9H,2-3,15H2,1H3;1-2H3/b7-6-,16-8?;. The van der Waals surface area contributed by atoms with Gasteiger partial charge in [-0.15, -0.1) is 0 Å². The van der Waals surface area contributed by atoms with Crippen LogP contribution >= 0.6 is 0 Å². The highest BCUT2D eigenvalue weighted by Gasteiger charge is 2.67. The fourth-order valence-corrected chi connectivity index (χ4v) is 2.26. The molecule has 0 aromatic heterocycles. The summed E-state index contributed by atoms with van der Waals surface area (Å²) in [5.41, 5.74) is 3.83. The Hall–Kier alpha value is -1.07. The number of rotatable bonds is 2. The minimum atomic E-state index is -3.09. The molecule has 0 saturated heterocycles. The number of allylic oxidation sites excluding steroid dienone is 2. The molecule has 2 saturated carbocycles. The van der Waals surface area contributed by atoms with Crippen molar-refractivity contribution in [1.82, 2.24) is 0 Å². The number of nitrogens with two attached hydrogens (primary N) is 1. The summed E-state index contributed by atoms with van der Waals surface area (Å²) in [4.78, 5) is 3.64. The van der Waals surface area contributed by atoms with E-state index in [1.807, 2.05) is 13.8 Å². The first kappa shape index (κ1) is 15.0. The lowest BCUT2D eigenvalue weighted by molar-refractivity contribution is 0.0577. The second kappa shape index (κ2) is 5.28. The lowest BCUT2D eigenvalue weighted by Crippen LogP contribution is -2.30. The molecule has 2 unspecified atom stereocenters. The van der Waals surface area contributed by atoms with Crippen LogP contribution in [0.2, 0.25) is 0 Å². The molecule has 104 valence electrons. The Kier molecular flexibility index (Phi) is 4.40. The van der Waals surface area contributed by atoms with E-state index in [2.05, 4.69) is 4.99 Å². The van der Waals surface area contributed by atoms with Crippen molar-refractivity contribution in [3.8, 4) is 0 Å². The SMILES string of the molecule is CC.CCN=C1/C(=C(\N)C(F)F)C2CC2C1(F)F. The Morgan fingerprint density at radius 2 is 2.00 bits per heavy atom. The molecule has 2 N–H and O–H groups in total. The molecular formula is C12H18F4N2. The van der Waals surface area contributed by atoms with Crippen molar-refractivity contribution in [2.45, 2.75) is 39.5 Å². The molecule has 0 aromatic rings. The number of fused-ring (bicyclic) bond motifs is 1. The molecule has 0 spiro atoms. The van der Waals surface area contributed by atoms with Crippen molar-refractivity contribution in [1.29, 1.82) is 0 Å². The number of halogens is 4. The average Bonchev–Trinajstić information content (AvgIpc) is 3.07. The second-order valence-electron chi connectivity index (χ2n) is 4.06. The Labute approximate surface area is 104 Å². The summed E-state index contributed by atoms with van der Waals surface area (Å²) in [6.07, 6.45) is -2.66. The second-order valence-corrected chi connectivity index (χ2v) is 4.06. The van der Waals surface area contributed by atoms with Crippen LogP contribution in [0.5, 0.6) is 0 Å². The number of hydrogen-bond donors (Lipinski definition) is 1. The van der Waals surface area contributed by atoms with Crippen molar-refractivity contribution in [3.63, 3.8) is 0 Å². The Bertz CT molecular complexity index is 374. The first-order valence-electron chi connectivity index (χ1n) is 6.12. The minimum absolute atomic E-state index is 0.105. The highest BCUT2D eigenvalue weighted by atomic mass is 19.3. The summed E-state index contributed by atoms with van der Waals surface area (Å²) in [5.74, 6) is -4.48. The monoisotopic (exact) mass is 266 g/mol. The van der Waals surface area contributed by atoms with Gasteiger partial charge in [0.15, 0.2) is 0 Å². The van der Waals surface area contributed by atoms with E-state index in [9.17, 15) is 17.6 Å². The third-order valence-electron chi connectivity index (χ3n) is 3.06. The van der Waals surface area contributed by atoms with Gasteiger partial charge in [-0.25, -0.2) is 8.78 Å². The van der Waals surface area contributed by atoms with E-state index < -0.39 is 35.6 Å². The van der Waals surface area contributed by atoms with Gasteiger partial charge in [-0.2, -0.15) is 8.78 Å². The normalized spacial score (nSPS) is 33.0. The van der Waals surface area contributed by atoms with Gasteiger partial charge in [0.25, 0.3) is 12.3 Å². The fraction of sp³-hybridized carbons (Fsp3) is 0.750. The molecule has 18 heavy (non-hydrogen) atoms. The molecule has 0 aromatic carbocycles. The van der Waals surface area contributed by atoms with Gasteiger partial charge in [-0.05, 0) is 19.3 Å². The first-order chi connectivity index (χ1) is 8.41. The van der Waals surface area contributed by atoms with Crippen LogP contribution < -0.4 is 5.73 Å². The molecule has 6 heteroatoms. The summed E-state index contributed by atoms with van der Waals surface area (Å²) >= 11 is 0. The van der Waals surface area contributed by atoms with Crippen LogP contribution in [0.1, 0.15) is 27.2 Å². The molecule has 0 aliphatic heterocycles. The zero-order valence-electron chi connectivity index (χ0n) is 10.7. The molecule has 0 amide bonds. The molecule has 2 aliphatic rings. The van der Waals surface area contributed by atoms with Gasteiger partial charge >= 0.3 is 0 Å². The van der Waals surface area contributed by atoms with Crippen molar-refractivity contribution in [3.05, 3.63) is 11.3 Å². The average molecular weight is 266 g/mol. The van der Waals surface area contributed by atoms with Gasteiger partial charge in [0, 0.05) is 18.0 Å². The maximum absolute atomic E-state index is 13.6. The molecule has 2 fully saturated rings. The van der Waals surface area contributed by atoms with E-state index in [4.69, 9.17) is 5.73 Å². The smallest absolute Gasteiger partial charge is 0.292 e. The largest absolute Gasteiger partial charge is 0.397 e. The number of aliphatic imine (C=N–C) groups is 1. The van der Waals surface area contributed by atoms with Crippen LogP contribution in [0, 0.1) is 11.8 Å². The highest BCUT2D eigenvalue weighted by Crippen LogP contribution is 2.61. The number of nitrogens with zero attached hydrogens (tertiary/aromatic N) is 1. The van der Waals surface area contributed by atoms with Gasteiger partial charge < -0.3 is 5.73 Å². The summed E-state index contributed by atoms with van der Waals surface area (Å²) < 4.78 is 52.2. The topological polar surface area (TPSA) is 38.4 Å². The van der Waals surface area contributed by atoms with E-state index in [-0.39, 0.29) is 18.5 Å². The van der Waals surface area contributed by atoms with E-state index in [0.29, 0.717) is 0 Å². The van der Waals surface area contributed by atoms with E-state index in [1.54, 1.807) is 6.92 Å². The third-order valence-corrected chi connectivity index (χ3v) is 3.06. The fourth-order valence-electron chi connectivity index (χ4n) is 2.26. The molecule has 2 nitrogen and oxygen atoms in total. The number of alkyl halides is 4. The van der Waals surface area contributed by atoms with Gasteiger partial charge in [0.1, 0.15) is 5.71 Å². The molecule has 0 bridgehead atoms. The van der Waals surface area contributed by atoms with Crippen LogP contribution in [-0.4, -0.2) is 24.6 Å². The van der Waals surface area contributed by atoms with Crippen LogP contribution in [0.3, 0.4) is 0 Å². The summed E-state index contributed by atoms with van der Waals surface area (Å²) in [7, 11) is 0. The highest BCUT2D eigenvalue weighted by molar-refractivity contribution is 6.10. The zero-order chi connectivity index (χ0) is 14.1. The summed E-state index contributed by atoms with van der Waals surface area (Å²) in [6, 6.07) is 0. The predicted molar refractivity (Wildman–Crippen MR) is 63.1 cm³/mol. The maximum atomic E-state index is 13.6. The van der Waals surface area contributed by atoms with Crippen molar-refractivity contribution < 1.29 is 17.6 Å².